The number of nitrogens with two attached hydrogens (primary N) is 1. The Bertz CT molecular complexity index is 473. The van der Waals surface area contributed by atoms with Crippen molar-refractivity contribution in [3.05, 3.63) is 17.3 Å². The second kappa shape index (κ2) is 3.23. The number of hydrogen-bond donors (Lipinski definition) is 2. The molecule has 0 amide bonds. The van der Waals surface area contributed by atoms with Gasteiger partial charge in [0.05, 0.1) is 11.8 Å². The summed E-state index contributed by atoms with van der Waals surface area (Å²) in [6.07, 6.45) is -3.08. The van der Waals surface area contributed by atoms with Gasteiger partial charge in [-0.2, -0.15) is 18.3 Å². The minimum atomic E-state index is -4.42. The maximum atomic E-state index is 12.2. The highest BCUT2D eigenvalue weighted by Crippen LogP contribution is 2.34. The average Bonchev–Trinajstić information content (AvgIpc) is 2.69. The predicted molar refractivity (Wildman–Crippen MR) is 49.1 cm³/mol. The molecular formula is C7H5F3N4S. The highest BCUT2D eigenvalue weighted by molar-refractivity contribution is 7.13. The van der Waals surface area contributed by atoms with Crippen LogP contribution in [0.1, 0.15) is 5.69 Å². The van der Waals surface area contributed by atoms with E-state index in [-0.39, 0.29) is 10.8 Å². The maximum Gasteiger partial charge on any atom is 0.434 e. The first-order valence-electron chi connectivity index (χ1n) is 3.80. The number of rotatable bonds is 1. The molecule has 15 heavy (non-hydrogen) atoms. The Morgan fingerprint density at radius 3 is 2.60 bits per heavy atom. The van der Waals surface area contributed by atoms with Crippen LogP contribution in [0.15, 0.2) is 11.6 Å². The number of nitrogens with zero attached hydrogens (tertiary/aromatic N) is 2. The van der Waals surface area contributed by atoms with E-state index >= 15 is 0 Å². The van der Waals surface area contributed by atoms with E-state index < -0.39 is 11.9 Å². The van der Waals surface area contributed by atoms with Crippen molar-refractivity contribution >= 4 is 17.2 Å². The fraction of sp³-hybridized carbons (Fsp3) is 0.143. The third-order valence-electron chi connectivity index (χ3n) is 1.69. The highest BCUT2D eigenvalue weighted by Gasteiger charge is 2.34. The third kappa shape index (κ3) is 1.80. The van der Waals surface area contributed by atoms with Gasteiger partial charge in [-0.25, -0.2) is 4.98 Å². The minimum Gasteiger partial charge on any atom is -0.383 e. The lowest BCUT2D eigenvalue weighted by Crippen LogP contribution is -2.04. The van der Waals surface area contributed by atoms with E-state index in [1.54, 1.807) is 0 Å². The number of aromatic nitrogens is 3. The van der Waals surface area contributed by atoms with Gasteiger partial charge in [-0.3, -0.25) is 5.10 Å². The summed E-state index contributed by atoms with van der Waals surface area (Å²) in [5.74, 6) is 0.207. The summed E-state index contributed by atoms with van der Waals surface area (Å²) < 4.78 is 36.7. The van der Waals surface area contributed by atoms with Gasteiger partial charge in [0.2, 0.25) is 0 Å². The zero-order valence-corrected chi connectivity index (χ0v) is 7.99. The summed E-state index contributed by atoms with van der Waals surface area (Å²) in [6.45, 7) is 0. The quantitative estimate of drug-likeness (QED) is 0.794. The summed E-state index contributed by atoms with van der Waals surface area (Å²) in [4.78, 5) is 3.44. The number of H-pyrrole nitrogens is 1. The number of alkyl halides is 3. The van der Waals surface area contributed by atoms with Crippen LogP contribution in [0.2, 0.25) is 0 Å². The fourth-order valence-corrected chi connectivity index (χ4v) is 1.84. The predicted octanol–water partition coefficient (Wildman–Crippen LogP) is 2.13. The molecule has 0 saturated heterocycles. The van der Waals surface area contributed by atoms with Gasteiger partial charge in [0.1, 0.15) is 10.8 Å². The van der Waals surface area contributed by atoms with E-state index in [4.69, 9.17) is 5.73 Å². The first kappa shape index (κ1) is 9.97. The number of hydrogen-bond acceptors (Lipinski definition) is 4. The number of anilines is 1. The van der Waals surface area contributed by atoms with E-state index in [1.165, 1.54) is 6.20 Å². The number of halogens is 3. The highest BCUT2D eigenvalue weighted by atomic mass is 32.1. The molecule has 0 saturated carbocycles. The van der Waals surface area contributed by atoms with Crippen molar-refractivity contribution in [1.29, 1.82) is 0 Å². The number of thiazole rings is 1. The number of nitrogens with one attached hydrogen (secondary N) is 1. The maximum absolute atomic E-state index is 12.2. The topological polar surface area (TPSA) is 67.6 Å². The van der Waals surface area contributed by atoms with Crippen molar-refractivity contribution in [3.63, 3.8) is 0 Å². The standard InChI is InChI=1S/C7H5F3N4S/c8-7(9,10)4-2-15-6(13-4)3-1-12-14-5(3)11/h1-2H,(H3,11,12,14). The lowest BCUT2D eigenvalue weighted by Gasteiger charge is -1.99. The first-order valence-corrected chi connectivity index (χ1v) is 4.68. The Balaban J connectivity index is 2.41. The third-order valence-corrected chi connectivity index (χ3v) is 2.57. The van der Waals surface area contributed by atoms with Crippen LogP contribution < -0.4 is 5.73 Å². The van der Waals surface area contributed by atoms with Crippen LogP contribution in [0.5, 0.6) is 0 Å². The zero-order chi connectivity index (χ0) is 11.1. The molecule has 2 aromatic rings. The second-order valence-electron chi connectivity index (χ2n) is 2.73. The fourth-order valence-electron chi connectivity index (χ4n) is 0.994. The van der Waals surface area contributed by atoms with Crippen LogP contribution in [0, 0.1) is 0 Å². The van der Waals surface area contributed by atoms with Gasteiger partial charge in [-0.15, -0.1) is 11.3 Å². The molecule has 3 N–H and O–H groups in total. The van der Waals surface area contributed by atoms with Crippen LogP contribution >= 0.6 is 11.3 Å². The normalized spacial score (nSPS) is 11.9. The number of nitrogen functional groups attached to an aromatic ring is 1. The Labute approximate surface area is 85.9 Å². The molecular weight excluding hydrogens is 229 g/mol. The lowest BCUT2D eigenvalue weighted by molar-refractivity contribution is -0.140. The van der Waals surface area contributed by atoms with Gasteiger partial charge in [-0.1, -0.05) is 0 Å². The summed E-state index contributed by atoms with van der Waals surface area (Å²) >= 11 is 0.877. The van der Waals surface area contributed by atoms with Gasteiger partial charge in [-0.05, 0) is 0 Å². The Morgan fingerprint density at radius 2 is 2.13 bits per heavy atom. The summed E-state index contributed by atoms with van der Waals surface area (Å²) in [5, 5.41) is 7.18. The molecule has 0 aliphatic heterocycles. The van der Waals surface area contributed by atoms with Crippen LogP contribution in [-0.4, -0.2) is 15.2 Å². The minimum absolute atomic E-state index is 0.202. The van der Waals surface area contributed by atoms with Gasteiger partial charge < -0.3 is 5.73 Å². The Morgan fingerprint density at radius 1 is 1.40 bits per heavy atom. The second-order valence-corrected chi connectivity index (χ2v) is 3.59. The van der Waals surface area contributed by atoms with E-state index in [0.29, 0.717) is 5.56 Å². The molecule has 0 fully saturated rings. The van der Waals surface area contributed by atoms with Crippen LogP contribution in [0.4, 0.5) is 19.0 Å². The van der Waals surface area contributed by atoms with Gasteiger partial charge in [0, 0.05) is 5.38 Å². The Hall–Kier alpha value is -1.57. The summed E-state index contributed by atoms with van der Waals surface area (Å²) in [7, 11) is 0. The molecule has 8 heteroatoms. The molecule has 0 spiro atoms. The van der Waals surface area contributed by atoms with Crippen LogP contribution in [0.3, 0.4) is 0 Å². The number of aromatic amines is 1. The largest absolute Gasteiger partial charge is 0.434 e. The summed E-state index contributed by atoms with van der Waals surface area (Å²) in [6, 6.07) is 0. The molecule has 2 heterocycles. The molecule has 0 aromatic carbocycles. The van der Waals surface area contributed by atoms with Crippen molar-refractivity contribution in [2.45, 2.75) is 6.18 Å². The van der Waals surface area contributed by atoms with E-state index in [0.717, 1.165) is 16.7 Å². The smallest absolute Gasteiger partial charge is 0.383 e. The molecule has 80 valence electrons. The van der Waals surface area contributed by atoms with Crippen LogP contribution in [-0.2, 0) is 6.18 Å². The zero-order valence-electron chi connectivity index (χ0n) is 7.17. The first-order chi connectivity index (χ1) is 6.98. The lowest BCUT2D eigenvalue weighted by atomic mass is 10.3. The van der Waals surface area contributed by atoms with Crippen molar-refractivity contribution in [3.8, 4) is 10.6 Å². The molecule has 0 aliphatic carbocycles. The molecule has 0 aliphatic rings. The molecule has 0 unspecified atom stereocenters. The van der Waals surface area contributed by atoms with Crippen molar-refractivity contribution in [2.24, 2.45) is 0 Å². The SMILES string of the molecule is Nc1[nH]ncc1-c1nc(C(F)(F)F)cs1. The van der Waals surface area contributed by atoms with E-state index in [9.17, 15) is 13.2 Å². The summed E-state index contributed by atoms with van der Waals surface area (Å²) in [5.41, 5.74) is 4.93. The molecule has 2 aromatic heterocycles. The van der Waals surface area contributed by atoms with Gasteiger partial charge in [0.25, 0.3) is 0 Å². The molecule has 0 atom stereocenters. The molecule has 0 bridgehead atoms. The van der Waals surface area contributed by atoms with Crippen molar-refractivity contribution in [1.82, 2.24) is 15.2 Å². The van der Waals surface area contributed by atoms with Crippen LogP contribution in [0.25, 0.3) is 10.6 Å². The molecule has 2 rings (SSSR count). The van der Waals surface area contributed by atoms with E-state index in [1.807, 2.05) is 0 Å². The molecule has 0 radical (unpaired) electrons. The average molecular weight is 234 g/mol. The molecule has 4 nitrogen and oxygen atoms in total. The van der Waals surface area contributed by atoms with Crippen molar-refractivity contribution < 1.29 is 13.2 Å². The van der Waals surface area contributed by atoms with Crippen molar-refractivity contribution in [2.75, 3.05) is 5.73 Å². The van der Waals surface area contributed by atoms with E-state index in [2.05, 4.69) is 15.2 Å². The Kier molecular flexibility index (Phi) is 2.14. The van der Waals surface area contributed by atoms with Gasteiger partial charge >= 0.3 is 6.18 Å². The van der Waals surface area contributed by atoms with Gasteiger partial charge in [0.15, 0.2) is 5.69 Å². The monoisotopic (exact) mass is 234 g/mol.